The molecule has 1 fully saturated rings. The van der Waals surface area contributed by atoms with Crippen LogP contribution < -0.4 is 5.32 Å². The Morgan fingerprint density at radius 3 is 2.57 bits per heavy atom. The number of hydrogen-bond donors (Lipinski definition) is 1. The van der Waals surface area contributed by atoms with Gasteiger partial charge in [-0.1, -0.05) is 6.92 Å². The van der Waals surface area contributed by atoms with Crippen LogP contribution in [0.15, 0.2) is 0 Å². The van der Waals surface area contributed by atoms with Crippen molar-refractivity contribution in [3.05, 3.63) is 0 Å². The second-order valence-electron chi connectivity index (χ2n) is 4.52. The number of nitrogens with one attached hydrogen (secondary N) is 1. The standard InChI is InChI=1S/C12H26N2/c1-3-12(2)13-8-4-5-9-14-10-6-7-11-14/h12-13H,3-11H2,1-2H3. The largest absolute Gasteiger partial charge is 0.314 e. The molecule has 1 N–H and O–H groups in total. The van der Waals surface area contributed by atoms with Crippen molar-refractivity contribution in [2.45, 2.75) is 52.0 Å². The molecule has 0 amide bonds. The molecule has 1 saturated heterocycles. The van der Waals surface area contributed by atoms with Gasteiger partial charge in [-0.2, -0.15) is 0 Å². The van der Waals surface area contributed by atoms with Crippen molar-refractivity contribution in [1.29, 1.82) is 0 Å². The quantitative estimate of drug-likeness (QED) is 0.631. The van der Waals surface area contributed by atoms with Crippen LogP contribution in [0.1, 0.15) is 46.0 Å². The topological polar surface area (TPSA) is 15.3 Å². The van der Waals surface area contributed by atoms with Crippen LogP contribution in [0.2, 0.25) is 0 Å². The average Bonchev–Trinajstić information content (AvgIpc) is 2.69. The maximum atomic E-state index is 3.54. The number of hydrogen-bond acceptors (Lipinski definition) is 2. The van der Waals surface area contributed by atoms with Crippen molar-refractivity contribution < 1.29 is 0 Å². The minimum absolute atomic E-state index is 0.696. The molecule has 1 aliphatic rings. The molecule has 0 radical (unpaired) electrons. The summed E-state index contributed by atoms with van der Waals surface area (Å²) in [6.07, 6.45) is 6.78. The third-order valence-corrected chi connectivity index (χ3v) is 3.20. The highest BCUT2D eigenvalue weighted by molar-refractivity contribution is 4.66. The second-order valence-corrected chi connectivity index (χ2v) is 4.52. The first-order valence-corrected chi connectivity index (χ1v) is 6.28. The highest BCUT2D eigenvalue weighted by Crippen LogP contribution is 2.07. The number of rotatable bonds is 7. The van der Waals surface area contributed by atoms with Crippen molar-refractivity contribution in [3.63, 3.8) is 0 Å². The molecule has 0 aromatic heterocycles. The van der Waals surface area contributed by atoms with Crippen LogP contribution in [0.5, 0.6) is 0 Å². The molecule has 0 aliphatic carbocycles. The molecule has 0 spiro atoms. The Balaban J connectivity index is 1.84. The summed E-state index contributed by atoms with van der Waals surface area (Å²) in [5.41, 5.74) is 0. The van der Waals surface area contributed by atoms with Gasteiger partial charge in [0.2, 0.25) is 0 Å². The number of unbranched alkanes of at least 4 members (excludes halogenated alkanes) is 1. The van der Waals surface area contributed by atoms with Gasteiger partial charge in [0.05, 0.1) is 0 Å². The Hall–Kier alpha value is -0.0800. The molecule has 14 heavy (non-hydrogen) atoms. The molecule has 1 aliphatic heterocycles. The minimum atomic E-state index is 0.696. The molecular weight excluding hydrogens is 172 g/mol. The van der Waals surface area contributed by atoms with Crippen LogP contribution in [0.25, 0.3) is 0 Å². The summed E-state index contributed by atoms with van der Waals surface area (Å²) in [4.78, 5) is 2.60. The van der Waals surface area contributed by atoms with E-state index in [0.29, 0.717) is 6.04 Å². The van der Waals surface area contributed by atoms with Gasteiger partial charge < -0.3 is 10.2 Å². The maximum absolute atomic E-state index is 3.54. The van der Waals surface area contributed by atoms with Gasteiger partial charge in [-0.25, -0.2) is 0 Å². The van der Waals surface area contributed by atoms with E-state index < -0.39 is 0 Å². The van der Waals surface area contributed by atoms with Crippen molar-refractivity contribution in [1.82, 2.24) is 10.2 Å². The third-order valence-electron chi connectivity index (χ3n) is 3.20. The van der Waals surface area contributed by atoms with Crippen molar-refractivity contribution >= 4 is 0 Å². The van der Waals surface area contributed by atoms with E-state index in [1.165, 1.54) is 58.3 Å². The van der Waals surface area contributed by atoms with Gasteiger partial charge in [0.25, 0.3) is 0 Å². The van der Waals surface area contributed by atoms with E-state index >= 15 is 0 Å². The molecule has 2 nitrogen and oxygen atoms in total. The van der Waals surface area contributed by atoms with E-state index in [0.717, 1.165) is 0 Å². The normalized spacial score (nSPS) is 20.1. The fraction of sp³-hybridized carbons (Fsp3) is 1.00. The Bertz CT molecular complexity index is 130. The van der Waals surface area contributed by atoms with Gasteiger partial charge in [0.15, 0.2) is 0 Å². The molecule has 0 aromatic rings. The SMILES string of the molecule is CCC(C)NCCCCN1CCCC1. The van der Waals surface area contributed by atoms with Gasteiger partial charge in [-0.05, 0) is 65.2 Å². The van der Waals surface area contributed by atoms with Crippen LogP contribution in [0.3, 0.4) is 0 Å². The van der Waals surface area contributed by atoms with Crippen molar-refractivity contribution in [3.8, 4) is 0 Å². The lowest BCUT2D eigenvalue weighted by Crippen LogP contribution is -2.27. The van der Waals surface area contributed by atoms with Crippen LogP contribution >= 0.6 is 0 Å². The lowest BCUT2D eigenvalue weighted by atomic mass is 10.2. The van der Waals surface area contributed by atoms with E-state index in [1.54, 1.807) is 0 Å². The Morgan fingerprint density at radius 2 is 1.93 bits per heavy atom. The van der Waals surface area contributed by atoms with Crippen LogP contribution in [0.4, 0.5) is 0 Å². The van der Waals surface area contributed by atoms with Gasteiger partial charge in [-0.3, -0.25) is 0 Å². The first-order chi connectivity index (χ1) is 6.83. The fourth-order valence-corrected chi connectivity index (χ4v) is 1.96. The second kappa shape index (κ2) is 7.24. The molecular formula is C12H26N2. The molecule has 84 valence electrons. The van der Waals surface area contributed by atoms with Crippen LogP contribution in [-0.2, 0) is 0 Å². The minimum Gasteiger partial charge on any atom is -0.314 e. The summed E-state index contributed by atoms with van der Waals surface area (Å²) in [7, 11) is 0. The van der Waals surface area contributed by atoms with Gasteiger partial charge >= 0.3 is 0 Å². The van der Waals surface area contributed by atoms with Crippen molar-refractivity contribution in [2.75, 3.05) is 26.2 Å². The highest BCUT2D eigenvalue weighted by Gasteiger charge is 2.09. The zero-order valence-corrected chi connectivity index (χ0v) is 9.89. The molecule has 1 heterocycles. The van der Waals surface area contributed by atoms with E-state index in [2.05, 4.69) is 24.1 Å². The summed E-state index contributed by atoms with van der Waals surface area (Å²) in [6.45, 7) is 9.71. The first kappa shape index (κ1) is 12.0. The fourth-order valence-electron chi connectivity index (χ4n) is 1.96. The van der Waals surface area contributed by atoms with E-state index in [-0.39, 0.29) is 0 Å². The molecule has 0 bridgehead atoms. The zero-order valence-electron chi connectivity index (χ0n) is 9.89. The average molecular weight is 198 g/mol. The van der Waals surface area contributed by atoms with Gasteiger partial charge in [0.1, 0.15) is 0 Å². The molecule has 1 rings (SSSR count). The van der Waals surface area contributed by atoms with Crippen molar-refractivity contribution in [2.24, 2.45) is 0 Å². The lowest BCUT2D eigenvalue weighted by molar-refractivity contribution is 0.327. The highest BCUT2D eigenvalue weighted by atomic mass is 15.1. The molecule has 2 heteroatoms. The predicted molar refractivity (Wildman–Crippen MR) is 62.7 cm³/mol. The monoisotopic (exact) mass is 198 g/mol. The summed E-state index contributed by atoms with van der Waals surface area (Å²) in [6, 6.07) is 0.696. The summed E-state index contributed by atoms with van der Waals surface area (Å²) in [5, 5.41) is 3.54. The van der Waals surface area contributed by atoms with Crippen LogP contribution in [0, 0.1) is 0 Å². The molecule has 0 saturated carbocycles. The Morgan fingerprint density at radius 1 is 1.21 bits per heavy atom. The summed E-state index contributed by atoms with van der Waals surface area (Å²) in [5.74, 6) is 0. The Kier molecular flexibility index (Phi) is 6.20. The summed E-state index contributed by atoms with van der Waals surface area (Å²) < 4.78 is 0. The van der Waals surface area contributed by atoms with Crippen LogP contribution in [-0.4, -0.2) is 37.1 Å². The zero-order chi connectivity index (χ0) is 10.2. The number of nitrogens with zero attached hydrogens (tertiary/aromatic N) is 1. The summed E-state index contributed by atoms with van der Waals surface area (Å²) >= 11 is 0. The number of likely N-dealkylation sites (tertiary alicyclic amines) is 1. The van der Waals surface area contributed by atoms with Gasteiger partial charge in [0, 0.05) is 6.04 Å². The van der Waals surface area contributed by atoms with E-state index in [4.69, 9.17) is 0 Å². The lowest BCUT2D eigenvalue weighted by Gasteiger charge is -2.15. The maximum Gasteiger partial charge on any atom is 0.00360 e. The van der Waals surface area contributed by atoms with E-state index in [9.17, 15) is 0 Å². The predicted octanol–water partition coefficient (Wildman–Crippen LogP) is 2.25. The smallest absolute Gasteiger partial charge is 0.00360 e. The Labute approximate surface area is 89.1 Å². The molecule has 1 atom stereocenters. The molecule has 0 aromatic carbocycles. The molecule has 1 unspecified atom stereocenters. The first-order valence-electron chi connectivity index (χ1n) is 6.28. The van der Waals surface area contributed by atoms with E-state index in [1.807, 2.05) is 0 Å². The third kappa shape index (κ3) is 4.97. The van der Waals surface area contributed by atoms with Gasteiger partial charge in [-0.15, -0.1) is 0 Å².